The monoisotopic (exact) mass is 396 g/mol. The lowest BCUT2D eigenvalue weighted by molar-refractivity contribution is -0.362. The smallest absolute Gasteiger partial charge is 0.332 e. The second-order valence-corrected chi connectivity index (χ2v) is 8.14. The molecule has 0 aliphatic carbocycles. The number of nitrogens with zero attached hydrogens (tertiary/aromatic N) is 1. The zero-order chi connectivity index (χ0) is 19.7. The molecule has 0 bridgehead atoms. The molecule has 2 heterocycles. The minimum Gasteiger partial charge on any atom is -0.486 e. The van der Waals surface area contributed by atoms with Crippen LogP contribution in [-0.2, 0) is 5.41 Å². The lowest BCUT2D eigenvalue weighted by Gasteiger charge is -2.19. The van der Waals surface area contributed by atoms with Crippen molar-refractivity contribution in [3.8, 4) is 22.8 Å². The highest BCUT2D eigenvalue weighted by Crippen LogP contribution is 2.33. The van der Waals surface area contributed by atoms with Gasteiger partial charge in [0.1, 0.15) is 18.9 Å². The Morgan fingerprint density at radius 2 is 1.68 bits per heavy atom. The van der Waals surface area contributed by atoms with Gasteiger partial charge in [0.05, 0.1) is 6.07 Å². The third-order valence-electron chi connectivity index (χ3n) is 4.61. The van der Waals surface area contributed by atoms with Crippen LogP contribution in [0.2, 0.25) is 5.28 Å². The summed E-state index contributed by atoms with van der Waals surface area (Å²) in [5.41, 5.74) is 4.06. The van der Waals surface area contributed by atoms with Crippen LogP contribution in [0.4, 0.5) is 11.5 Å². The van der Waals surface area contributed by atoms with E-state index in [2.05, 4.69) is 60.3 Å². The molecule has 0 saturated heterocycles. The number of hydrogen-bond acceptors (Lipinski definition) is 4. The number of H-pyrrole nitrogens is 1. The first-order valence-electron chi connectivity index (χ1n) is 9.26. The van der Waals surface area contributed by atoms with Gasteiger partial charge in [-0.1, -0.05) is 50.0 Å². The SMILES string of the molecule is CC(C)(C)c1ccc(-c2cc(Nc3ccc4c(c3)OCCO4)[nH+]c(Cl)n2)cc1. The molecule has 1 aliphatic heterocycles. The zero-order valence-electron chi connectivity index (χ0n) is 16.2. The van der Waals surface area contributed by atoms with Crippen molar-refractivity contribution < 1.29 is 14.5 Å². The van der Waals surface area contributed by atoms with Crippen LogP contribution in [0.25, 0.3) is 11.3 Å². The number of halogens is 1. The molecule has 4 rings (SSSR count). The highest BCUT2D eigenvalue weighted by molar-refractivity contribution is 6.27. The summed E-state index contributed by atoms with van der Waals surface area (Å²) < 4.78 is 11.2. The van der Waals surface area contributed by atoms with Crippen molar-refractivity contribution in [1.29, 1.82) is 0 Å². The molecule has 5 nitrogen and oxygen atoms in total. The van der Waals surface area contributed by atoms with Crippen molar-refractivity contribution in [3.05, 3.63) is 59.4 Å². The van der Waals surface area contributed by atoms with Gasteiger partial charge in [-0.2, -0.15) is 0 Å². The van der Waals surface area contributed by atoms with Crippen molar-refractivity contribution in [2.75, 3.05) is 18.5 Å². The van der Waals surface area contributed by atoms with Crippen molar-refractivity contribution >= 4 is 23.1 Å². The molecule has 2 aromatic carbocycles. The summed E-state index contributed by atoms with van der Waals surface area (Å²) in [6.45, 7) is 7.72. The van der Waals surface area contributed by atoms with Crippen LogP contribution in [0.15, 0.2) is 48.5 Å². The predicted molar refractivity (Wildman–Crippen MR) is 111 cm³/mol. The Balaban J connectivity index is 1.60. The Hall–Kier alpha value is -2.79. The first-order valence-corrected chi connectivity index (χ1v) is 9.64. The first-order chi connectivity index (χ1) is 13.4. The van der Waals surface area contributed by atoms with Gasteiger partial charge in [0.2, 0.25) is 5.82 Å². The van der Waals surface area contributed by atoms with Gasteiger partial charge in [-0.05, 0) is 34.7 Å². The fraction of sp³-hybridized carbons (Fsp3) is 0.273. The molecule has 1 aliphatic rings. The van der Waals surface area contributed by atoms with E-state index in [1.165, 1.54) is 5.56 Å². The molecule has 0 spiro atoms. The predicted octanol–water partition coefficient (Wildman–Crippen LogP) is 5.03. The summed E-state index contributed by atoms with van der Waals surface area (Å²) >= 11 is 6.23. The van der Waals surface area contributed by atoms with E-state index in [1.54, 1.807) is 0 Å². The lowest BCUT2D eigenvalue weighted by Crippen LogP contribution is -2.16. The summed E-state index contributed by atoms with van der Waals surface area (Å²) in [7, 11) is 0. The molecule has 3 aromatic rings. The van der Waals surface area contributed by atoms with E-state index in [1.807, 2.05) is 24.3 Å². The number of aromatic amines is 1. The Kier molecular flexibility index (Phi) is 4.85. The standard InChI is InChI=1S/C22H22ClN3O2/c1-22(2,3)15-6-4-14(5-7-15)17-13-20(26-21(23)25-17)24-16-8-9-18-19(12-16)28-11-10-27-18/h4-9,12-13H,10-11H2,1-3H3,(H,24,25,26)/p+1. The summed E-state index contributed by atoms with van der Waals surface area (Å²) in [4.78, 5) is 7.49. The van der Waals surface area contributed by atoms with Gasteiger partial charge in [-0.15, -0.1) is 0 Å². The zero-order valence-corrected chi connectivity index (χ0v) is 16.9. The quantitative estimate of drug-likeness (QED) is 0.631. The molecule has 0 unspecified atom stereocenters. The van der Waals surface area contributed by atoms with E-state index in [0.29, 0.717) is 18.5 Å². The highest BCUT2D eigenvalue weighted by Gasteiger charge is 2.17. The second kappa shape index (κ2) is 7.32. The van der Waals surface area contributed by atoms with Crippen LogP contribution in [-0.4, -0.2) is 18.2 Å². The Bertz CT molecular complexity index is 998. The average Bonchev–Trinajstić information content (AvgIpc) is 2.67. The molecule has 6 heteroatoms. The van der Waals surface area contributed by atoms with Gasteiger partial charge in [0.25, 0.3) is 0 Å². The number of nitrogens with one attached hydrogen (secondary N) is 2. The maximum Gasteiger partial charge on any atom is 0.332 e. The Morgan fingerprint density at radius 3 is 2.39 bits per heavy atom. The third kappa shape index (κ3) is 4.04. The summed E-state index contributed by atoms with van der Waals surface area (Å²) in [6, 6.07) is 16.1. The summed E-state index contributed by atoms with van der Waals surface area (Å²) in [6.07, 6.45) is 0. The van der Waals surface area contributed by atoms with E-state index < -0.39 is 0 Å². The lowest BCUT2D eigenvalue weighted by atomic mass is 9.86. The summed E-state index contributed by atoms with van der Waals surface area (Å²) in [5.74, 6) is 2.23. The van der Waals surface area contributed by atoms with Gasteiger partial charge < -0.3 is 9.47 Å². The van der Waals surface area contributed by atoms with Gasteiger partial charge in [0, 0.05) is 11.6 Å². The maximum atomic E-state index is 6.23. The van der Waals surface area contributed by atoms with Gasteiger partial charge in [-0.25, -0.2) is 4.98 Å². The summed E-state index contributed by atoms with van der Waals surface area (Å²) in [5, 5.41) is 3.64. The van der Waals surface area contributed by atoms with E-state index in [0.717, 1.165) is 34.3 Å². The van der Waals surface area contributed by atoms with Crippen LogP contribution in [0, 0.1) is 0 Å². The van der Waals surface area contributed by atoms with Crippen molar-refractivity contribution in [3.63, 3.8) is 0 Å². The van der Waals surface area contributed by atoms with Gasteiger partial charge in [0.15, 0.2) is 17.2 Å². The third-order valence-corrected chi connectivity index (χ3v) is 4.78. The molecular formula is C22H23ClN3O2+. The maximum absolute atomic E-state index is 6.23. The first kappa shape index (κ1) is 18.6. The van der Waals surface area contributed by atoms with Crippen LogP contribution in [0.3, 0.4) is 0 Å². The molecular weight excluding hydrogens is 374 g/mol. The number of anilines is 2. The van der Waals surface area contributed by atoms with Crippen molar-refractivity contribution in [1.82, 2.24) is 4.98 Å². The molecule has 144 valence electrons. The van der Waals surface area contributed by atoms with Crippen LogP contribution >= 0.6 is 11.6 Å². The fourth-order valence-corrected chi connectivity index (χ4v) is 3.28. The number of ether oxygens (including phenoxy) is 2. The van der Waals surface area contributed by atoms with E-state index in [-0.39, 0.29) is 5.41 Å². The second-order valence-electron chi connectivity index (χ2n) is 7.78. The number of rotatable bonds is 3. The van der Waals surface area contributed by atoms with Crippen LogP contribution < -0.4 is 19.8 Å². The molecule has 2 N–H and O–H groups in total. The minimum absolute atomic E-state index is 0.110. The highest BCUT2D eigenvalue weighted by atomic mass is 35.5. The molecule has 0 atom stereocenters. The molecule has 0 saturated carbocycles. The van der Waals surface area contributed by atoms with Gasteiger partial charge >= 0.3 is 5.28 Å². The Labute approximate surface area is 169 Å². The largest absolute Gasteiger partial charge is 0.486 e. The molecule has 0 fully saturated rings. The van der Waals surface area contributed by atoms with Gasteiger partial charge in [-0.3, -0.25) is 5.32 Å². The van der Waals surface area contributed by atoms with Crippen molar-refractivity contribution in [2.45, 2.75) is 26.2 Å². The van der Waals surface area contributed by atoms with E-state index >= 15 is 0 Å². The Morgan fingerprint density at radius 1 is 0.964 bits per heavy atom. The van der Waals surface area contributed by atoms with E-state index in [9.17, 15) is 0 Å². The van der Waals surface area contributed by atoms with Crippen molar-refractivity contribution in [2.24, 2.45) is 0 Å². The molecule has 1 aromatic heterocycles. The number of fused-ring (bicyclic) bond motifs is 1. The fourth-order valence-electron chi connectivity index (χ4n) is 3.08. The van der Waals surface area contributed by atoms with Crippen LogP contribution in [0.1, 0.15) is 26.3 Å². The molecule has 0 radical (unpaired) electrons. The molecule has 28 heavy (non-hydrogen) atoms. The topological polar surface area (TPSA) is 57.5 Å². The number of aromatic nitrogens is 2. The minimum atomic E-state index is 0.110. The number of benzene rings is 2. The van der Waals surface area contributed by atoms with E-state index in [4.69, 9.17) is 21.1 Å². The molecule has 0 amide bonds. The van der Waals surface area contributed by atoms with Crippen LogP contribution in [0.5, 0.6) is 11.5 Å². The average molecular weight is 397 g/mol. The number of hydrogen-bond donors (Lipinski definition) is 1. The normalized spacial score (nSPS) is 13.3.